The summed E-state index contributed by atoms with van der Waals surface area (Å²) in [6.07, 6.45) is 13.9. The number of alkyl halides is 1. The van der Waals surface area contributed by atoms with Gasteiger partial charge in [-0.1, -0.05) is 57.5 Å². The Balaban J connectivity index is 0.000000193. The standard InChI is InChI=1S/C17H17BrClN3.C17H16BrN3.CH2O3.2K.H/c18-11-3-4-13-12(9-11)15-14(10-21-13)22-16(20-8-7-19)17(15)5-1-2-6-17;18-11-3-4-13-12(9-11)15-14(10-20-13)21-8-7-19-16(21)17(15)5-1-2-6-17;2-1-4-3;;;/h3-4,9-10H,1-2,5-8H2,(H,20,22);3-4,9-10H,1-2,5-8H2;1,3H;;;/q;;;2*+1;-1/p-1. The van der Waals surface area contributed by atoms with Crippen molar-refractivity contribution in [1.29, 1.82) is 0 Å². The van der Waals surface area contributed by atoms with Gasteiger partial charge in [0.25, 0.3) is 6.47 Å². The molecule has 0 bridgehead atoms. The first kappa shape index (κ1) is 40.3. The maximum atomic E-state index is 8.64. The molecule has 2 saturated carbocycles. The molecular formula is C35H35Br2ClK2N6O3. The molecule has 5 heterocycles. The molecule has 0 radical (unpaired) electrons. The summed E-state index contributed by atoms with van der Waals surface area (Å²) in [5.74, 6) is 2.97. The van der Waals surface area contributed by atoms with Crippen LogP contribution in [0.3, 0.4) is 0 Å². The van der Waals surface area contributed by atoms with Gasteiger partial charge in [-0.25, -0.2) is 0 Å². The van der Waals surface area contributed by atoms with Crippen LogP contribution in [0.5, 0.6) is 0 Å². The molecule has 3 aliphatic heterocycles. The third kappa shape index (κ3) is 7.47. The van der Waals surface area contributed by atoms with E-state index in [4.69, 9.17) is 36.6 Å². The van der Waals surface area contributed by atoms with Crippen LogP contribution in [0.1, 0.15) is 63.9 Å². The van der Waals surface area contributed by atoms with E-state index in [9.17, 15) is 0 Å². The van der Waals surface area contributed by atoms with E-state index in [0.717, 1.165) is 57.4 Å². The van der Waals surface area contributed by atoms with Crippen molar-refractivity contribution < 1.29 is 119 Å². The van der Waals surface area contributed by atoms with Gasteiger partial charge in [-0.2, -0.15) is 0 Å². The molecule has 0 saturated heterocycles. The topological polar surface area (TPSA) is 115 Å². The Morgan fingerprint density at radius 2 is 1.51 bits per heavy atom. The van der Waals surface area contributed by atoms with Crippen molar-refractivity contribution in [3.05, 3.63) is 68.9 Å². The molecule has 5 aliphatic rings. The van der Waals surface area contributed by atoms with Gasteiger partial charge in [0, 0.05) is 43.3 Å². The summed E-state index contributed by atoms with van der Waals surface area (Å²) in [7, 11) is 0. The molecule has 14 heteroatoms. The van der Waals surface area contributed by atoms with Crippen LogP contribution < -0.4 is 118 Å². The predicted octanol–water partition coefficient (Wildman–Crippen LogP) is 1.47. The van der Waals surface area contributed by atoms with Crippen molar-refractivity contribution in [2.45, 2.75) is 62.2 Å². The Morgan fingerprint density at radius 1 is 0.939 bits per heavy atom. The number of anilines is 2. The zero-order valence-corrected chi connectivity index (χ0v) is 38.0. The van der Waals surface area contributed by atoms with E-state index >= 15 is 0 Å². The molecule has 2 aromatic heterocycles. The molecule has 2 spiro atoms. The number of aliphatic imine (C=N–C) groups is 2. The fourth-order valence-electron chi connectivity index (χ4n) is 8.47. The smallest absolute Gasteiger partial charge is 1.00 e. The number of hydrogen-bond acceptors (Lipinski definition) is 8. The van der Waals surface area contributed by atoms with Crippen molar-refractivity contribution in [2.24, 2.45) is 9.98 Å². The maximum absolute atomic E-state index is 8.64. The molecule has 49 heavy (non-hydrogen) atoms. The van der Waals surface area contributed by atoms with E-state index in [1.165, 1.54) is 71.9 Å². The molecule has 0 unspecified atom stereocenters. The number of aromatic nitrogens is 2. The minimum Gasteiger partial charge on any atom is -1.00 e. The van der Waals surface area contributed by atoms with Crippen LogP contribution in [0.4, 0.5) is 11.4 Å². The first-order valence-electron chi connectivity index (χ1n) is 16.1. The Kier molecular flexibility index (Phi) is 14.4. The number of fused-ring (bicyclic) bond motifs is 11. The summed E-state index contributed by atoms with van der Waals surface area (Å²) < 4.78 is 2.22. The van der Waals surface area contributed by atoms with Crippen LogP contribution >= 0.6 is 43.5 Å². The molecule has 0 atom stereocenters. The van der Waals surface area contributed by atoms with Gasteiger partial charge in [0.05, 0.1) is 58.7 Å². The van der Waals surface area contributed by atoms with Gasteiger partial charge < -0.3 is 21.8 Å². The van der Waals surface area contributed by atoms with Crippen LogP contribution in [-0.2, 0) is 20.5 Å². The van der Waals surface area contributed by atoms with Gasteiger partial charge >= 0.3 is 103 Å². The quantitative estimate of drug-likeness (QED) is 0.109. The predicted molar refractivity (Wildman–Crippen MR) is 194 cm³/mol. The molecular weight excluding hydrogens is 826 g/mol. The maximum Gasteiger partial charge on any atom is 1.00 e. The molecule has 2 fully saturated rings. The summed E-state index contributed by atoms with van der Waals surface area (Å²) in [5.41, 5.74) is 7.63. The summed E-state index contributed by atoms with van der Waals surface area (Å²) in [5, 5.41) is 14.5. The normalized spacial score (nSPS) is 19.1. The van der Waals surface area contributed by atoms with E-state index in [1.54, 1.807) is 0 Å². The summed E-state index contributed by atoms with van der Waals surface area (Å²) in [4.78, 5) is 32.6. The van der Waals surface area contributed by atoms with E-state index < -0.39 is 0 Å². The third-order valence-corrected chi connectivity index (χ3v) is 11.3. The minimum absolute atomic E-state index is 0. The number of rotatable bonds is 3. The van der Waals surface area contributed by atoms with Gasteiger partial charge in [0.15, 0.2) is 0 Å². The van der Waals surface area contributed by atoms with Crippen LogP contribution in [0.2, 0.25) is 0 Å². The molecule has 2 aromatic carbocycles. The Hall–Kier alpha value is 0.153. The van der Waals surface area contributed by atoms with Gasteiger partial charge in [-0.3, -0.25) is 24.7 Å². The Labute approximate surface area is 394 Å². The van der Waals surface area contributed by atoms with Crippen molar-refractivity contribution >= 4 is 94.8 Å². The fourth-order valence-corrected chi connectivity index (χ4v) is 9.27. The molecule has 9 nitrogen and oxygen atoms in total. The second-order valence-electron chi connectivity index (χ2n) is 12.6. The van der Waals surface area contributed by atoms with Gasteiger partial charge in [0.1, 0.15) is 11.7 Å². The van der Waals surface area contributed by atoms with Gasteiger partial charge in [0.2, 0.25) is 0 Å². The monoisotopic (exact) mass is 858 g/mol. The number of carbonyl (C=O) groups is 1. The van der Waals surface area contributed by atoms with Crippen molar-refractivity contribution in [2.75, 3.05) is 35.7 Å². The van der Waals surface area contributed by atoms with Crippen molar-refractivity contribution in [3.63, 3.8) is 0 Å². The molecule has 2 aliphatic carbocycles. The first-order valence-corrected chi connectivity index (χ1v) is 18.2. The third-order valence-electron chi connectivity index (χ3n) is 10.2. The van der Waals surface area contributed by atoms with Crippen molar-refractivity contribution in [1.82, 2.24) is 9.97 Å². The zero-order valence-electron chi connectivity index (χ0n) is 28.8. The first-order chi connectivity index (χ1) is 23.0. The Morgan fingerprint density at radius 3 is 2.10 bits per heavy atom. The van der Waals surface area contributed by atoms with Crippen LogP contribution in [0.15, 0.2) is 67.7 Å². The van der Waals surface area contributed by atoms with Crippen LogP contribution in [0, 0.1) is 0 Å². The summed E-state index contributed by atoms with van der Waals surface area (Å²) in [6.45, 7) is 2.44. The molecule has 246 valence electrons. The molecule has 9 rings (SSSR count). The van der Waals surface area contributed by atoms with E-state index in [2.05, 4.69) is 88.5 Å². The average Bonchev–Trinajstić information content (AvgIpc) is 3.93. The van der Waals surface area contributed by atoms with Gasteiger partial charge in [-0.05, 0) is 62.1 Å². The summed E-state index contributed by atoms with van der Waals surface area (Å²) in [6, 6.07) is 12.8. The van der Waals surface area contributed by atoms with Crippen LogP contribution in [-0.4, -0.2) is 53.6 Å². The molecule has 0 amide bonds. The number of benzene rings is 2. The largest absolute Gasteiger partial charge is 1.00 e. The average molecular weight is 861 g/mol. The SMILES string of the molecule is Brc1ccc2ncc3c(c2c1)C1(CCCC1)C1=NCCN13.ClCCN=C1Nc2cnc3ccc(Br)cc3c2C12CCCC2.O=CO[O-].[H-].[K+].[K+]. The number of nitrogens with zero attached hydrogens (tertiary/aromatic N) is 5. The van der Waals surface area contributed by atoms with Gasteiger partial charge in [-0.15, -0.1) is 11.6 Å². The second-order valence-corrected chi connectivity index (χ2v) is 14.8. The number of pyridine rings is 2. The zero-order chi connectivity index (χ0) is 32.6. The van der Waals surface area contributed by atoms with Crippen LogP contribution in [0.25, 0.3) is 21.8 Å². The molecule has 1 N–H and O–H groups in total. The Bertz CT molecular complexity index is 1920. The second kappa shape index (κ2) is 17.5. The summed E-state index contributed by atoms with van der Waals surface area (Å²) >= 11 is 13.1. The number of amidine groups is 2. The fraction of sp³-hybridized carbons (Fsp3) is 0.400. The van der Waals surface area contributed by atoms with Crippen molar-refractivity contribution in [3.8, 4) is 0 Å². The van der Waals surface area contributed by atoms with E-state index in [-0.39, 0.29) is 121 Å². The number of carbonyl (C=O) groups excluding carboxylic acids is 1. The number of nitrogens with one attached hydrogen (secondary N) is 1. The minimum atomic E-state index is -0.181. The number of hydrogen-bond donors (Lipinski definition) is 1. The number of halogens is 3. The molecule has 4 aromatic rings. The van der Waals surface area contributed by atoms with E-state index in [1.807, 2.05) is 12.3 Å². The van der Waals surface area contributed by atoms with E-state index in [0.29, 0.717) is 12.4 Å².